The van der Waals surface area contributed by atoms with Crippen LogP contribution in [0.1, 0.15) is 46.5 Å². The molecule has 5 heteroatoms. The van der Waals surface area contributed by atoms with E-state index >= 15 is 0 Å². The van der Waals surface area contributed by atoms with Gasteiger partial charge < -0.3 is 14.6 Å². The predicted molar refractivity (Wildman–Crippen MR) is 75.5 cm³/mol. The van der Waals surface area contributed by atoms with Crippen LogP contribution in [0.4, 0.5) is 4.79 Å². The summed E-state index contributed by atoms with van der Waals surface area (Å²) in [5.74, 6) is 0.478. The van der Waals surface area contributed by atoms with E-state index in [-0.39, 0.29) is 18.2 Å². The summed E-state index contributed by atoms with van der Waals surface area (Å²) in [6, 6.07) is 0. The Morgan fingerprint density at radius 2 is 2.25 bits per heavy atom. The lowest BCUT2D eigenvalue weighted by atomic mass is 9.92. The first-order valence-electron chi connectivity index (χ1n) is 7.55. The Hall–Kier alpha value is -0.810. The quantitative estimate of drug-likeness (QED) is 0.845. The molecule has 2 atom stereocenters. The maximum absolute atomic E-state index is 12.4. The van der Waals surface area contributed by atoms with Gasteiger partial charge in [-0.25, -0.2) is 4.79 Å². The summed E-state index contributed by atoms with van der Waals surface area (Å²) in [4.78, 5) is 14.3. The molecule has 0 aromatic rings. The van der Waals surface area contributed by atoms with Crippen LogP contribution in [0.15, 0.2) is 0 Å². The Bertz CT molecular complexity index is 352. The van der Waals surface area contributed by atoms with Crippen LogP contribution >= 0.6 is 0 Å². The van der Waals surface area contributed by atoms with Crippen molar-refractivity contribution in [2.24, 2.45) is 5.92 Å². The number of carbonyl (C=O) groups is 1. The molecular formula is C15H27NO4. The number of ether oxygens (including phenoxy) is 2. The number of carbonyl (C=O) groups excluding carboxylic acids is 1. The molecule has 2 rings (SSSR count). The maximum atomic E-state index is 12.4. The molecule has 1 saturated heterocycles. The van der Waals surface area contributed by atoms with E-state index in [0.717, 1.165) is 25.7 Å². The monoisotopic (exact) mass is 285 g/mol. The minimum atomic E-state index is -0.473. The molecule has 0 bridgehead atoms. The van der Waals surface area contributed by atoms with E-state index in [1.165, 1.54) is 0 Å². The highest BCUT2D eigenvalue weighted by atomic mass is 16.6. The van der Waals surface area contributed by atoms with Gasteiger partial charge in [0.15, 0.2) is 0 Å². The van der Waals surface area contributed by atoms with Gasteiger partial charge in [-0.3, -0.25) is 4.90 Å². The van der Waals surface area contributed by atoms with E-state index in [0.29, 0.717) is 25.7 Å². The first-order valence-corrected chi connectivity index (χ1v) is 7.55. The van der Waals surface area contributed by atoms with Crippen LogP contribution in [-0.4, -0.2) is 53.6 Å². The molecule has 2 unspecified atom stereocenters. The molecule has 5 nitrogen and oxygen atoms in total. The Morgan fingerprint density at radius 1 is 1.50 bits per heavy atom. The molecule has 0 aromatic carbocycles. The van der Waals surface area contributed by atoms with E-state index in [1.54, 1.807) is 0 Å². The van der Waals surface area contributed by atoms with Crippen molar-refractivity contribution >= 4 is 6.09 Å². The number of hydrogen-bond donors (Lipinski definition) is 1. The van der Waals surface area contributed by atoms with Crippen LogP contribution < -0.4 is 0 Å². The Balaban J connectivity index is 2.08. The SMILES string of the molecule is CC(C)(C)OC(=O)N1CCOCC12CCC(CCO)C2. The fourth-order valence-electron chi connectivity index (χ4n) is 3.35. The second kappa shape index (κ2) is 5.90. The zero-order valence-corrected chi connectivity index (χ0v) is 12.9. The second-order valence-corrected chi connectivity index (χ2v) is 7.03. The van der Waals surface area contributed by atoms with Gasteiger partial charge in [0.25, 0.3) is 0 Å². The molecule has 1 spiro atoms. The standard InChI is InChI=1S/C15H27NO4/c1-14(2,3)20-13(18)16-7-9-19-11-15(16)6-4-12(10-15)5-8-17/h12,17H,4-11H2,1-3H3. The summed E-state index contributed by atoms with van der Waals surface area (Å²) in [5, 5.41) is 9.10. The van der Waals surface area contributed by atoms with Crippen molar-refractivity contribution in [1.29, 1.82) is 0 Å². The van der Waals surface area contributed by atoms with Crippen LogP contribution in [0.5, 0.6) is 0 Å². The lowest BCUT2D eigenvalue weighted by Crippen LogP contribution is -2.58. The van der Waals surface area contributed by atoms with Crippen LogP contribution in [-0.2, 0) is 9.47 Å². The number of amides is 1. The van der Waals surface area contributed by atoms with Crippen molar-refractivity contribution < 1.29 is 19.4 Å². The smallest absolute Gasteiger partial charge is 0.410 e. The molecule has 1 aliphatic heterocycles. The van der Waals surface area contributed by atoms with E-state index in [1.807, 2.05) is 25.7 Å². The molecular weight excluding hydrogens is 258 g/mol. The van der Waals surface area contributed by atoms with Crippen molar-refractivity contribution in [2.45, 2.75) is 57.6 Å². The highest BCUT2D eigenvalue weighted by Crippen LogP contribution is 2.42. The Labute approximate surface area is 121 Å². The molecule has 1 saturated carbocycles. The van der Waals surface area contributed by atoms with Crippen molar-refractivity contribution in [2.75, 3.05) is 26.4 Å². The van der Waals surface area contributed by atoms with Gasteiger partial charge in [0.1, 0.15) is 5.60 Å². The minimum absolute atomic E-state index is 0.216. The zero-order chi connectivity index (χ0) is 14.8. The first-order chi connectivity index (χ1) is 9.36. The summed E-state index contributed by atoms with van der Waals surface area (Å²) in [6.07, 6.45) is 3.47. The predicted octanol–water partition coefficient (Wildman–Crippen LogP) is 2.17. The molecule has 1 amide bonds. The lowest BCUT2D eigenvalue weighted by molar-refractivity contribution is -0.0742. The number of hydrogen-bond acceptors (Lipinski definition) is 4. The number of rotatable bonds is 2. The normalized spacial score (nSPS) is 30.8. The topological polar surface area (TPSA) is 59.0 Å². The van der Waals surface area contributed by atoms with E-state index < -0.39 is 5.60 Å². The van der Waals surface area contributed by atoms with Gasteiger partial charge in [0, 0.05) is 13.2 Å². The van der Waals surface area contributed by atoms with Gasteiger partial charge in [0.2, 0.25) is 0 Å². The first kappa shape index (κ1) is 15.6. The Kier molecular flexibility index (Phi) is 4.59. The zero-order valence-electron chi connectivity index (χ0n) is 12.9. The van der Waals surface area contributed by atoms with Gasteiger partial charge in [-0.1, -0.05) is 0 Å². The third kappa shape index (κ3) is 3.44. The molecule has 116 valence electrons. The van der Waals surface area contributed by atoms with Gasteiger partial charge in [-0.05, 0) is 52.4 Å². The molecule has 20 heavy (non-hydrogen) atoms. The summed E-state index contributed by atoms with van der Waals surface area (Å²) >= 11 is 0. The minimum Gasteiger partial charge on any atom is -0.444 e. The Morgan fingerprint density at radius 3 is 2.90 bits per heavy atom. The summed E-state index contributed by atoms with van der Waals surface area (Å²) in [7, 11) is 0. The average Bonchev–Trinajstić information content (AvgIpc) is 2.71. The number of morpholine rings is 1. The van der Waals surface area contributed by atoms with Crippen molar-refractivity contribution in [3.63, 3.8) is 0 Å². The van der Waals surface area contributed by atoms with E-state index in [2.05, 4.69) is 0 Å². The third-order valence-electron chi connectivity index (χ3n) is 4.24. The van der Waals surface area contributed by atoms with Crippen molar-refractivity contribution in [3.05, 3.63) is 0 Å². The molecule has 2 fully saturated rings. The van der Waals surface area contributed by atoms with E-state index in [4.69, 9.17) is 14.6 Å². The number of nitrogens with zero attached hydrogens (tertiary/aromatic N) is 1. The lowest BCUT2D eigenvalue weighted by Gasteiger charge is -2.45. The maximum Gasteiger partial charge on any atom is 0.410 e. The summed E-state index contributed by atoms with van der Waals surface area (Å²) in [6.45, 7) is 7.65. The highest BCUT2D eigenvalue weighted by Gasteiger charge is 2.48. The van der Waals surface area contributed by atoms with Crippen LogP contribution in [0.25, 0.3) is 0 Å². The average molecular weight is 285 g/mol. The fourth-order valence-corrected chi connectivity index (χ4v) is 3.35. The number of aliphatic hydroxyl groups excluding tert-OH is 1. The van der Waals surface area contributed by atoms with Crippen molar-refractivity contribution in [3.8, 4) is 0 Å². The highest BCUT2D eigenvalue weighted by molar-refractivity contribution is 5.69. The number of aliphatic hydroxyl groups is 1. The van der Waals surface area contributed by atoms with Crippen LogP contribution in [0.2, 0.25) is 0 Å². The largest absolute Gasteiger partial charge is 0.444 e. The second-order valence-electron chi connectivity index (χ2n) is 7.03. The van der Waals surface area contributed by atoms with Gasteiger partial charge in [0.05, 0.1) is 18.8 Å². The van der Waals surface area contributed by atoms with Gasteiger partial charge in [-0.2, -0.15) is 0 Å². The fraction of sp³-hybridized carbons (Fsp3) is 0.933. The van der Waals surface area contributed by atoms with Gasteiger partial charge in [-0.15, -0.1) is 0 Å². The van der Waals surface area contributed by atoms with Gasteiger partial charge >= 0.3 is 6.09 Å². The molecule has 1 N–H and O–H groups in total. The summed E-state index contributed by atoms with van der Waals surface area (Å²) in [5.41, 5.74) is -0.694. The molecule has 0 aromatic heterocycles. The third-order valence-corrected chi connectivity index (χ3v) is 4.24. The van der Waals surface area contributed by atoms with E-state index in [9.17, 15) is 4.79 Å². The molecule has 2 aliphatic rings. The van der Waals surface area contributed by atoms with Crippen molar-refractivity contribution in [1.82, 2.24) is 4.90 Å². The molecule has 1 aliphatic carbocycles. The van der Waals surface area contributed by atoms with Crippen LogP contribution in [0.3, 0.4) is 0 Å². The van der Waals surface area contributed by atoms with Crippen LogP contribution in [0, 0.1) is 5.92 Å². The molecule has 0 radical (unpaired) electrons. The molecule has 1 heterocycles. The summed E-state index contributed by atoms with van der Waals surface area (Å²) < 4.78 is 11.2.